The van der Waals surface area contributed by atoms with E-state index in [-0.39, 0.29) is 17.7 Å². The van der Waals surface area contributed by atoms with Crippen LogP contribution in [0, 0.1) is 12.8 Å². The van der Waals surface area contributed by atoms with Crippen LogP contribution in [-0.4, -0.2) is 46.4 Å². The summed E-state index contributed by atoms with van der Waals surface area (Å²) in [6.07, 6.45) is 1.32. The molecular weight excluding hydrogens is 376 g/mol. The Morgan fingerprint density at radius 1 is 1.25 bits per heavy atom. The van der Waals surface area contributed by atoms with E-state index in [0.717, 1.165) is 11.3 Å². The molecule has 0 spiro atoms. The predicted octanol–water partition coefficient (Wildman–Crippen LogP) is 2.57. The summed E-state index contributed by atoms with van der Waals surface area (Å²) in [5, 5.41) is 9.09. The van der Waals surface area contributed by atoms with Gasteiger partial charge in [0.05, 0.1) is 17.0 Å². The Labute approximate surface area is 167 Å². The highest BCUT2D eigenvalue weighted by Crippen LogP contribution is 2.31. The van der Waals surface area contributed by atoms with E-state index >= 15 is 0 Å². The maximum absolute atomic E-state index is 13.0. The number of rotatable bonds is 3. The number of carbonyl (C=O) groups is 3. The zero-order chi connectivity index (χ0) is 19.9. The highest BCUT2D eigenvalue weighted by molar-refractivity contribution is 7.08. The van der Waals surface area contributed by atoms with Gasteiger partial charge in [-0.25, -0.2) is 4.79 Å². The second-order valence-electron chi connectivity index (χ2n) is 7.52. The van der Waals surface area contributed by atoms with Crippen molar-refractivity contribution in [2.24, 2.45) is 5.92 Å². The largest absolute Gasteiger partial charge is 0.339 e. The molecule has 4 rings (SSSR count). The summed E-state index contributed by atoms with van der Waals surface area (Å²) < 4.78 is 0. The number of aryl methyl sites for hydroxylation is 1. The van der Waals surface area contributed by atoms with Gasteiger partial charge in [0, 0.05) is 24.0 Å². The molecule has 0 bridgehead atoms. The highest BCUT2D eigenvalue weighted by Gasteiger charge is 2.48. The number of imide groups is 1. The Morgan fingerprint density at radius 3 is 2.57 bits per heavy atom. The number of nitrogens with zero attached hydrogens (tertiary/aromatic N) is 2. The summed E-state index contributed by atoms with van der Waals surface area (Å²) in [7, 11) is 0. The molecule has 8 heteroatoms. The van der Waals surface area contributed by atoms with Gasteiger partial charge < -0.3 is 10.2 Å². The molecule has 2 aromatic heterocycles. The fourth-order valence-corrected chi connectivity index (χ4v) is 4.68. The van der Waals surface area contributed by atoms with Gasteiger partial charge in [0.15, 0.2) is 0 Å². The minimum Gasteiger partial charge on any atom is -0.339 e. The molecule has 7 nitrogen and oxygen atoms in total. The Bertz CT molecular complexity index is 935. The van der Waals surface area contributed by atoms with Crippen LogP contribution >= 0.6 is 11.3 Å². The molecule has 146 valence electrons. The third-order valence-corrected chi connectivity index (χ3v) is 6.49. The monoisotopic (exact) mass is 398 g/mol. The molecule has 0 saturated carbocycles. The van der Waals surface area contributed by atoms with Crippen molar-refractivity contribution in [2.75, 3.05) is 13.1 Å². The third-order valence-electron chi connectivity index (χ3n) is 5.80. The van der Waals surface area contributed by atoms with Crippen molar-refractivity contribution in [3.05, 3.63) is 40.2 Å². The minimum atomic E-state index is -0.897. The van der Waals surface area contributed by atoms with E-state index in [1.807, 2.05) is 40.8 Å². The van der Waals surface area contributed by atoms with Gasteiger partial charge in [0.2, 0.25) is 0 Å². The minimum absolute atomic E-state index is 0.00295. The second kappa shape index (κ2) is 7.01. The van der Waals surface area contributed by atoms with Gasteiger partial charge in [0.1, 0.15) is 5.54 Å². The van der Waals surface area contributed by atoms with E-state index in [4.69, 9.17) is 0 Å². The Kier molecular flexibility index (Phi) is 4.66. The highest BCUT2D eigenvalue weighted by atomic mass is 32.1. The first-order valence-corrected chi connectivity index (χ1v) is 10.3. The molecular formula is C20H22N4O3S. The fourth-order valence-electron chi connectivity index (χ4n) is 4.03. The maximum atomic E-state index is 13.0. The smallest absolute Gasteiger partial charge is 0.322 e. The second-order valence-corrected chi connectivity index (χ2v) is 8.30. The van der Waals surface area contributed by atoms with Crippen LogP contribution in [0.4, 0.5) is 4.79 Å². The number of aromatic nitrogens is 1. The van der Waals surface area contributed by atoms with Crippen molar-refractivity contribution in [3.8, 4) is 11.3 Å². The Hall–Kier alpha value is -2.74. The van der Waals surface area contributed by atoms with Crippen LogP contribution < -0.4 is 10.6 Å². The first kappa shape index (κ1) is 18.6. The SMILES string of the molecule is Cc1nc(-c2ccsc2)ccc1C(=O)N1CCC([C@@]2(C)NC(=O)NC2=O)CC1. The number of piperidine rings is 1. The van der Waals surface area contributed by atoms with E-state index in [2.05, 4.69) is 15.6 Å². The lowest BCUT2D eigenvalue weighted by Gasteiger charge is -2.38. The van der Waals surface area contributed by atoms with E-state index in [9.17, 15) is 14.4 Å². The number of likely N-dealkylation sites (tertiary alicyclic amines) is 1. The molecule has 2 aliphatic rings. The molecule has 2 saturated heterocycles. The Balaban J connectivity index is 1.44. The predicted molar refractivity (Wildman–Crippen MR) is 106 cm³/mol. The lowest BCUT2D eigenvalue weighted by Crippen LogP contribution is -2.54. The number of urea groups is 1. The molecule has 4 heterocycles. The summed E-state index contributed by atoms with van der Waals surface area (Å²) in [5.41, 5.74) is 2.34. The summed E-state index contributed by atoms with van der Waals surface area (Å²) >= 11 is 1.61. The number of thiophene rings is 1. The van der Waals surface area contributed by atoms with Crippen molar-refractivity contribution >= 4 is 29.2 Å². The van der Waals surface area contributed by atoms with Crippen molar-refractivity contribution < 1.29 is 14.4 Å². The van der Waals surface area contributed by atoms with Crippen molar-refractivity contribution in [1.82, 2.24) is 20.5 Å². The summed E-state index contributed by atoms with van der Waals surface area (Å²) in [6, 6.07) is 5.29. The average Bonchev–Trinajstić information content (AvgIpc) is 3.30. The number of amides is 4. The van der Waals surface area contributed by atoms with Crippen LogP contribution in [0.25, 0.3) is 11.3 Å². The number of hydrogen-bond donors (Lipinski definition) is 2. The van der Waals surface area contributed by atoms with Crippen molar-refractivity contribution in [2.45, 2.75) is 32.2 Å². The van der Waals surface area contributed by atoms with Crippen molar-refractivity contribution in [1.29, 1.82) is 0 Å². The molecule has 4 amide bonds. The van der Waals surface area contributed by atoms with Crippen LogP contribution in [0.3, 0.4) is 0 Å². The normalized spacial score (nSPS) is 22.9. The first-order chi connectivity index (χ1) is 13.4. The average molecular weight is 398 g/mol. The fraction of sp³-hybridized carbons (Fsp3) is 0.400. The van der Waals surface area contributed by atoms with Crippen LogP contribution in [0.15, 0.2) is 29.0 Å². The molecule has 0 aromatic carbocycles. The van der Waals surface area contributed by atoms with Gasteiger partial charge >= 0.3 is 6.03 Å². The quantitative estimate of drug-likeness (QED) is 0.778. The van der Waals surface area contributed by atoms with E-state index in [1.54, 1.807) is 18.3 Å². The zero-order valence-electron chi connectivity index (χ0n) is 15.8. The molecule has 28 heavy (non-hydrogen) atoms. The molecule has 2 fully saturated rings. The lowest BCUT2D eigenvalue weighted by molar-refractivity contribution is -0.125. The van der Waals surface area contributed by atoms with Crippen molar-refractivity contribution in [3.63, 3.8) is 0 Å². The van der Waals surface area contributed by atoms with Crippen LogP contribution in [0.5, 0.6) is 0 Å². The summed E-state index contributed by atoms with van der Waals surface area (Å²) in [4.78, 5) is 43.0. The molecule has 0 unspecified atom stereocenters. The standard InChI is InChI=1S/C20H22N4O3S/c1-12-15(3-4-16(21-12)13-7-10-28-11-13)17(25)24-8-5-14(6-9-24)20(2)18(26)22-19(27)23-20/h3-4,7,10-11,14H,5-6,8-9H2,1-2H3,(H2,22,23,26,27)/t20-/m1/s1. The van der Waals surface area contributed by atoms with Crippen LogP contribution in [0.2, 0.25) is 0 Å². The topological polar surface area (TPSA) is 91.4 Å². The maximum Gasteiger partial charge on any atom is 0.322 e. The molecule has 1 atom stereocenters. The van der Waals surface area contributed by atoms with Gasteiger partial charge in [-0.05, 0) is 56.2 Å². The molecule has 0 radical (unpaired) electrons. The number of pyridine rings is 1. The number of hydrogen-bond acceptors (Lipinski definition) is 5. The van der Waals surface area contributed by atoms with Gasteiger partial charge in [0.25, 0.3) is 11.8 Å². The van der Waals surface area contributed by atoms with E-state index in [1.165, 1.54) is 0 Å². The first-order valence-electron chi connectivity index (χ1n) is 9.31. The number of carbonyl (C=O) groups excluding carboxylic acids is 3. The molecule has 2 N–H and O–H groups in total. The molecule has 2 aliphatic heterocycles. The lowest BCUT2D eigenvalue weighted by atomic mass is 9.79. The molecule has 0 aliphatic carbocycles. The van der Waals surface area contributed by atoms with Gasteiger partial charge in [-0.2, -0.15) is 11.3 Å². The van der Waals surface area contributed by atoms with E-state index in [0.29, 0.717) is 37.2 Å². The molecule has 2 aromatic rings. The van der Waals surface area contributed by atoms with Gasteiger partial charge in [-0.3, -0.25) is 19.9 Å². The number of nitrogens with one attached hydrogen (secondary N) is 2. The van der Waals surface area contributed by atoms with Gasteiger partial charge in [-0.15, -0.1) is 0 Å². The van der Waals surface area contributed by atoms with Crippen LogP contribution in [-0.2, 0) is 4.79 Å². The van der Waals surface area contributed by atoms with Gasteiger partial charge in [-0.1, -0.05) is 0 Å². The van der Waals surface area contributed by atoms with Crippen LogP contribution in [0.1, 0.15) is 35.8 Å². The van der Waals surface area contributed by atoms with E-state index < -0.39 is 11.6 Å². The summed E-state index contributed by atoms with van der Waals surface area (Å²) in [5.74, 6) is -0.320. The third kappa shape index (κ3) is 3.17. The summed E-state index contributed by atoms with van der Waals surface area (Å²) in [6.45, 7) is 4.71. The zero-order valence-corrected chi connectivity index (χ0v) is 16.6. The Morgan fingerprint density at radius 2 is 2.00 bits per heavy atom.